The molecule has 0 aliphatic rings. The largest absolute Gasteiger partial charge is 0.493 e. The van der Waals surface area contributed by atoms with Crippen molar-refractivity contribution in [2.45, 2.75) is 182 Å². The molecular formula is C40H70O4. The molecule has 0 spiro atoms. The molecule has 0 amide bonds. The highest BCUT2D eigenvalue weighted by Crippen LogP contribution is 2.30. The SMILES string of the molecule is CCCCCCCCC(CCCCCC)COc1cc(C=O)c(OCC(CCCCCC)CCCCCCCC)cc1C=O. The lowest BCUT2D eigenvalue weighted by molar-refractivity contribution is 0.110. The van der Waals surface area contributed by atoms with Gasteiger partial charge in [0.2, 0.25) is 0 Å². The summed E-state index contributed by atoms with van der Waals surface area (Å²) in [6, 6.07) is 3.46. The second-order valence-corrected chi connectivity index (χ2v) is 13.3. The highest BCUT2D eigenvalue weighted by Gasteiger charge is 2.17. The molecule has 0 N–H and O–H groups in total. The van der Waals surface area contributed by atoms with Gasteiger partial charge in [-0.3, -0.25) is 9.59 Å². The standard InChI is InChI=1S/C40H70O4/c1-5-9-13-17-19-23-27-35(25-21-15-11-7-3)33-43-39-29-38(32-42)40(30-37(39)31-41)44-34-36(26-22-16-12-8-4)28-24-20-18-14-10-6-2/h29-32,35-36H,5-28,33-34H2,1-4H3. The molecule has 0 fully saturated rings. The first-order valence-electron chi connectivity index (χ1n) is 19.0. The van der Waals surface area contributed by atoms with Crippen molar-refractivity contribution in [2.75, 3.05) is 13.2 Å². The molecule has 0 aromatic heterocycles. The normalized spacial score (nSPS) is 12.6. The van der Waals surface area contributed by atoms with Crippen molar-refractivity contribution in [2.24, 2.45) is 11.8 Å². The number of carbonyl (C=O) groups excluding carboxylic acids is 2. The summed E-state index contributed by atoms with van der Waals surface area (Å²) >= 11 is 0. The maximum atomic E-state index is 12.1. The number of unbranched alkanes of at least 4 members (excludes halogenated alkanes) is 16. The van der Waals surface area contributed by atoms with Crippen LogP contribution >= 0.6 is 0 Å². The third kappa shape index (κ3) is 19.5. The average molecular weight is 615 g/mol. The van der Waals surface area contributed by atoms with Gasteiger partial charge in [0.05, 0.1) is 24.3 Å². The van der Waals surface area contributed by atoms with Crippen molar-refractivity contribution in [3.63, 3.8) is 0 Å². The third-order valence-electron chi connectivity index (χ3n) is 9.21. The Balaban J connectivity index is 2.83. The minimum absolute atomic E-state index is 0.476. The Hall–Kier alpha value is -1.84. The number of ether oxygens (including phenoxy) is 2. The number of carbonyl (C=O) groups is 2. The first-order valence-corrected chi connectivity index (χ1v) is 19.0. The summed E-state index contributed by atoms with van der Waals surface area (Å²) in [6.45, 7) is 10.2. The Bertz CT molecular complexity index is 752. The average Bonchev–Trinajstić information content (AvgIpc) is 3.04. The Morgan fingerprint density at radius 2 is 0.727 bits per heavy atom. The Kier molecular flexibility index (Phi) is 26.1. The smallest absolute Gasteiger partial charge is 0.153 e. The molecule has 1 aromatic carbocycles. The Morgan fingerprint density at radius 3 is 1.02 bits per heavy atom. The maximum Gasteiger partial charge on any atom is 0.153 e. The minimum atomic E-state index is 0.476. The van der Waals surface area contributed by atoms with Gasteiger partial charge in [0.25, 0.3) is 0 Å². The van der Waals surface area contributed by atoms with Gasteiger partial charge in [0, 0.05) is 0 Å². The molecule has 44 heavy (non-hydrogen) atoms. The molecule has 4 heteroatoms. The highest BCUT2D eigenvalue weighted by molar-refractivity contribution is 5.87. The van der Waals surface area contributed by atoms with Crippen molar-refractivity contribution in [1.29, 1.82) is 0 Å². The van der Waals surface area contributed by atoms with Crippen molar-refractivity contribution in [1.82, 2.24) is 0 Å². The summed E-state index contributed by atoms with van der Waals surface area (Å²) in [4.78, 5) is 24.3. The molecule has 1 aromatic rings. The first-order chi connectivity index (χ1) is 21.6. The van der Waals surface area contributed by atoms with E-state index in [-0.39, 0.29) is 0 Å². The van der Waals surface area contributed by atoms with Gasteiger partial charge in [-0.1, -0.05) is 156 Å². The van der Waals surface area contributed by atoms with Crippen LogP contribution in [0.15, 0.2) is 12.1 Å². The lowest BCUT2D eigenvalue weighted by Gasteiger charge is -2.21. The Labute approximate surface area is 272 Å². The van der Waals surface area contributed by atoms with Crippen LogP contribution in [0.5, 0.6) is 11.5 Å². The van der Waals surface area contributed by atoms with Crippen LogP contribution in [-0.2, 0) is 0 Å². The van der Waals surface area contributed by atoms with Gasteiger partial charge >= 0.3 is 0 Å². The summed E-state index contributed by atoms with van der Waals surface area (Å²) in [5.74, 6) is 1.98. The zero-order valence-electron chi connectivity index (χ0n) is 29.5. The molecular weight excluding hydrogens is 544 g/mol. The molecule has 2 unspecified atom stereocenters. The minimum Gasteiger partial charge on any atom is -0.493 e. The number of rotatable bonds is 32. The van der Waals surface area contributed by atoms with Crippen LogP contribution < -0.4 is 9.47 Å². The fourth-order valence-electron chi connectivity index (χ4n) is 6.21. The van der Waals surface area contributed by atoms with Crippen molar-refractivity contribution < 1.29 is 19.1 Å². The fraction of sp³-hybridized carbons (Fsp3) is 0.800. The quantitative estimate of drug-likeness (QED) is 0.0598. The monoisotopic (exact) mass is 615 g/mol. The van der Waals surface area contributed by atoms with Gasteiger partial charge in [-0.15, -0.1) is 0 Å². The number of hydrogen-bond acceptors (Lipinski definition) is 4. The number of aldehydes is 2. The van der Waals surface area contributed by atoms with E-state index < -0.39 is 0 Å². The van der Waals surface area contributed by atoms with E-state index in [9.17, 15) is 9.59 Å². The van der Waals surface area contributed by atoms with E-state index in [1.54, 1.807) is 12.1 Å². The molecule has 254 valence electrons. The van der Waals surface area contributed by atoms with Crippen molar-refractivity contribution in [3.8, 4) is 11.5 Å². The van der Waals surface area contributed by atoms with Crippen LogP contribution in [0, 0.1) is 11.8 Å². The van der Waals surface area contributed by atoms with Crippen molar-refractivity contribution in [3.05, 3.63) is 23.3 Å². The van der Waals surface area contributed by atoms with Gasteiger partial charge in [0.1, 0.15) is 11.5 Å². The molecule has 0 saturated heterocycles. The highest BCUT2D eigenvalue weighted by atomic mass is 16.5. The molecule has 4 nitrogen and oxygen atoms in total. The molecule has 0 aliphatic heterocycles. The molecule has 0 bridgehead atoms. The van der Waals surface area contributed by atoms with Crippen LogP contribution in [-0.4, -0.2) is 25.8 Å². The van der Waals surface area contributed by atoms with E-state index in [1.165, 1.54) is 128 Å². The lowest BCUT2D eigenvalue weighted by atomic mass is 9.95. The van der Waals surface area contributed by atoms with E-state index in [1.807, 2.05) is 0 Å². The lowest BCUT2D eigenvalue weighted by Crippen LogP contribution is -2.15. The predicted molar refractivity (Wildman–Crippen MR) is 189 cm³/mol. The van der Waals surface area contributed by atoms with Crippen LogP contribution in [0.1, 0.15) is 203 Å². The molecule has 2 atom stereocenters. The van der Waals surface area contributed by atoms with Crippen LogP contribution in [0.3, 0.4) is 0 Å². The number of hydrogen-bond donors (Lipinski definition) is 0. The molecule has 1 rings (SSSR count). The van der Waals surface area contributed by atoms with Gasteiger partial charge in [-0.2, -0.15) is 0 Å². The van der Waals surface area contributed by atoms with Crippen LogP contribution in [0.2, 0.25) is 0 Å². The zero-order valence-corrected chi connectivity index (χ0v) is 29.5. The summed E-state index contributed by atoms with van der Waals surface area (Å²) < 4.78 is 12.6. The summed E-state index contributed by atoms with van der Waals surface area (Å²) in [5, 5.41) is 0. The van der Waals surface area contributed by atoms with E-state index in [2.05, 4.69) is 27.7 Å². The van der Waals surface area contributed by atoms with E-state index in [0.29, 0.717) is 47.7 Å². The zero-order chi connectivity index (χ0) is 32.1. The predicted octanol–water partition coefficient (Wildman–Crippen LogP) is 12.7. The molecule has 0 heterocycles. The third-order valence-corrected chi connectivity index (χ3v) is 9.21. The van der Waals surface area contributed by atoms with E-state index in [0.717, 1.165) is 38.3 Å². The van der Waals surface area contributed by atoms with Gasteiger partial charge in [0.15, 0.2) is 12.6 Å². The molecule has 0 aliphatic carbocycles. The summed E-state index contributed by atoms with van der Waals surface area (Å²) in [6.07, 6.45) is 31.9. The summed E-state index contributed by atoms with van der Waals surface area (Å²) in [7, 11) is 0. The van der Waals surface area contributed by atoms with Crippen molar-refractivity contribution >= 4 is 12.6 Å². The second kappa shape index (κ2) is 28.6. The van der Waals surface area contributed by atoms with Gasteiger partial charge in [-0.05, 0) is 49.7 Å². The number of benzene rings is 1. The first kappa shape index (κ1) is 40.2. The maximum absolute atomic E-state index is 12.1. The molecule has 0 saturated carbocycles. The topological polar surface area (TPSA) is 52.6 Å². The van der Waals surface area contributed by atoms with E-state index in [4.69, 9.17) is 9.47 Å². The molecule has 0 radical (unpaired) electrons. The van der Waals surface area contributed by atoms with E-state index >= 15 is 0 Å². The summed E-state index contributed by atoms with van der Waals surface area (Å²) in [5.41, 5.74) is 0.954. The fourth-order valence-corrected chi connectivity index (χ4v) is 6.21. The van der Waals surface area contributed by atoms with Gasteiger partial charge in [-0.25, -0.2) is 0 Å². The van der Waals surface area contributed by atoms with Crippen LogP contribution in [0.25, 0.3) is 0 Å². The second-order valence-electron chi connectivity index (χ2n) is 13.3. The van der Waals surface area contributed by atoms with Crippen LogP contribution in [0.4, 0.5) is 0 Å². The Morgan fingerprint density at radius 1 is 0.455 bits per heavy atom. The van der Waals surface area contributed by atoms with Gasteiger partial charge < -0.3 is 9.47 Å².